The summed E-state index contributed by atoms with van der Waals surface area (Å²) in [6.07, 6.45) is 1.18. The summed E-state index contributed by atoms with van der Waals surface area (Å²) in [7, 11) is 0. The van der Waals surface area contributed by atoms with Gasteiger partial charge < -0.3 is 19.7 Å². The molecule has 1 atom stereocenters. The van der Waals surface area contributed by atoms with Gasteiger partial charge in [0, 0.05) is 30.9 Å². The average molecular weight is 262 g/mol. The van der Waals surface area contributed by atoms with E-state index in [0.29, 0.717) is 18.8 Å². The number of fused-ring (bicyclic) bond motifs is 1. The van der Waals surface area contributed by atoms with Crippen LogP contribution in [0.4, 0.5) is 5.69 Å². The van der Waals surface area contributed by atoms with Crippen molar-refractivity contribution >= 4 is 5.69 Å². The lowest BCUT2D eigenvalue weighted by Crippen LogP contribution is -2.41. The van der Waals surface area contributed by atoms with Gasteiger partial charge in [0.1, 0.15) is 0 Å². The second-order valence-electron chi connectivity index (χ2n) is 5.64. The van der Waals surface area contributed by atoms with E-state index in [1.807, 2.05) is 6.07 Å². The standard InChI is InChI=1S/C15H22N2O2/c1-11(2)13-9-17(7-3-6-16-13)12-4-5-14-15(8-12)19-10-18-14/h4-5,8,11,13,16H,3,6-7,9-10H2,1-2H3. The highest BCUT2D eigenvalue weighted by Gasteiger charge is 2.22. The molecule has 1 N–H and O–H groups in total. The van der Waals surface area contributed by atoms with Gasteiger partial charge in [0.15, 0.2) is 11.5 Å². The molecule has 1 aromatic rings. The number of benzene rings is 1. The minimum absolute atomic E-state index is 0.342. The van der Waals surface area contributed by atoms with Gasteiger partial charge in [0.05, 0.1) is 0 Å². The molecule has 0 saturated carbocycles. The Labute approximate surface area is 114 Å². The van der Waals surface area contributed by atoms with Crippen LogP contribution in [0.15, 0.2) is 18.2 Å². The third-order valence-corrected chi connectivity index (χ3v) is 3.95. The fourth-order valence-corrected chi connectivity index (χ4v) is 2.71. The number of hydrogen-bond donors (Lipinski definition) is 1. The summed E-state index contributed by atoms with van der Waals surface area (Å²) in [4.78, 5) is 2.45. The summed E-state index contributed by atoms with van der Waals surface area (Å²) >= 11 is 0. The number of hydrogen-bond acceptors (Lipinski definition) is 4. The Bertz CT molecular complexity index is 448. The molecule has 1 aromatic carbocycles. The smallest absolute Gasteiger partial charge is 0.231 e. The van der Waals surface area contributed by atoms with Gasteiger partial charge >= 0.3 is 0 Å². The number of nitrogens with zero attached hydrogens (tertiary/aromatic N) is 1. The van der Waals surface area contributed by atoms with Crippen molar-refractivity contribution in [1.29, 1.82) is 0 Å². The zero-order chi connectivity index (χ0) is 13.2. The molecule has 4 heteroatoms. The normalized spacial score (nSPS) is 22.7. The van der Waals surface area contributed by atoms with Crippen LogP contribution in [0.25, 0.3) is 0 Å². The summed E-state index contributed by atoms with van der Waals surface area (Å²) in [5.74, 6) is 2.38. The maximum atomic E-state index is 5.47. The molecule has 0 aromatic heterocycles. The topological polar surface area (TPSA) is 33.7 Å². The molecular formula is C15H22N2O2. The van der Waals surface area contributed by atoms with Gasteiger partial charge in [-0.2, -0.15) is 0 Å². The molecule has 104 valence electrons. The van der Waals surface area contributed by atoms with Crippen molar-refractivity contribution in [3.05, 3.63) is 18.2 Å². The van der Waals surface area contributed by atoms with Crippen molar-refractivity contribution in [1.82, 2.24) is 5.32 Å². The molecule has 4 nitrogen and oxygen atoms in total. The fourth-order valence-electron chi connectivity index (χ4n) is 2.71. The van der Waals surface area contributed by atoms with Gasteiger partial charge in [-0.05, 0) is 31.0 Å². The predicted octanol–water partition coefficient (Wildman–Crippen LogP) is 2.24. The summed E-state index contributed by atoms with van der Waals surface area (Å²) in [5.41, 5.74) is 1.23. The molecule has 0 amide bonds. The van der Waals surface area contributed by atoms with Crippen LogP contribution >= 0.6 is 0 Å². The highest BCUT2D eigenvalue weighted by atomic mass is 16.7. The number of nitrogens with one attached hydrogen (secondary N) is 1. The molecule has 1 unspecified atom stereocenters. The molecule has 2 heterocycles. The van der Waals surface area contributed by atoms with Crippen LogP contribution in [0, 0.1) is 5.92 Å². The predicted molar refractivity (Wildman–Crippen MR) is 76.0 cm³/mol. The fraction of sp³-hybridized carbons (Fsp3) is 0.600. The first-order chi connectivity index (χ1) is 9.24. The molecule has 1 fully saturated rings. The van der Waals surface area contributed by atoms with Crippen molar-refractivity contribution in [2.75, 3.05) is 31.3 Å². The Morgan fingerprint density at radius 2 is 2.11 bits per heavy atom. The van der Waals surface area contributed by atoms with E-state index in [4.69, 9.17) is 9.47 Å². The third-order valence-electron chi connectivity index (χ3n) is 3.95. The number of rotatable bonds is 2. The molecule has 1 saturated heterocycles. The molecule has 0 radical (unpaired) electrons. The van der Waals surface area contributed by atoms with E-state index in [1.165, 1.54) is 12.1 Å². The minimum atomic E-state index is 0.342. The molecule has 0 bridgehead atoms. The largest absolute Gasteiger partial charge is 0.454 e. The van der Waals surface area contributed by atoms with E-state index in [1.54, 1.807) is 0 Å². The monoisotopic (exact) mass is 262 g/mol. The van der Waals surface area contributed by atoms with Crippen molar-refractivity contribution in [3.8, 4) is 11.5 Å². The minimum Gasteiger partial charge on any atom is -0.454 e. The summed E-state index contributed by atoms with van der Waals surface area (Å²) in [6.45, 7) is 8.15. The lowest BCUT2D eigenvalue weighted by Gasteiger charge is -2.28. The molecule has 2 aliphatic heterocycles. The van der Waals surface area contributed by atoms with Crippen molar-refractivity contribution in [2.45, 2.75) is 26.3 Å². The Morgan fingerprint density at radius 1 is 1.26 bits per heavy atom. The molecule has 2 aliphatic rings. The van der Waals surface area contributed by atoms with Gasteiger partial charge in [-0.25, -0.2) is 0 Å². The second-order valence-corrected chi connectivity index (χ2v) is 5.64. The van der Waals surface area contributed by atoms with Crippen molar-refractivity contribution < 1.29 is 9.47 Å². The van der Waals surface area contributed by atoms with Crippen LogP contribution in [0.1, 0.15) is 20.3 Å². The van der Waals surface area contributed by atoms with E-state index in [9.17, 15) is 0 Å². The molecule has 0 aliphatic carbocycles. The lowest BCUT2D eigenvalue weighted by molar-refractivity contribution is 0.174. The average Bonchev–Trinajstić information content (AvgIpc) is 2.72. The van der Waals surface area contributed by atoms with Gasteiger partial charge in [-0.1, -0.05) is 13.8 Å². The zero-order valence-electron chi connectivity index (χ0n) is 11.7. The van der Waals surface area contributed by atoms with E-state index < -0.39 is 0 Å². The van der Waals surface area contributed by atoms with Gasteiger partial charge in [-0.15, -0.1) is 0 Å². The Morgan fingerprint density at radius 3 is 2.95 bits per heavy atom. The van der Waals surface area contributed by atoms with Gasteiger partial charge in [-0.3, -0.25) is 0 Å². The van der Waals surface area contributed by atoms with Crippen molar-refractivity contribution in [3.63, 3.8) is 0 Å². The summed E-state index contributed by atoms with van der Waals surface area (Å²) in [6, 6.07) is 6.80. The first kappa shape index (κ1) is 12.6. The van der Waals surface area contributed by atoms with Crippen LogP contribution in [-0.4, -0.2) is 32.5 Å². The lowest BCUT2D eigenvalue weighted by atomic mass is 10.0. The molecule has 3 rings (SSSR count). The second kappa shape index (κ2) is 5.29. The zero-order valence-corrected chi connectivity index (χ0v) is 11.7. The molecule has 19 heavy (non-hydrogen) atoms. The molecule has 0 spiro atoms. The van der Waals surface area contributed by atoms with E-state index in [-0.39, 0.29) is 0 Å². The van der Waals surface area contributed by atoms with Crippen LogP contribution in [0.5, 0.6) is 11.5 Å². The Hall–Kier alpha value is -1.42. The van der Waals surface area contributed by atoms with E-state index in [2.05, 4.69) is 36.2 Å². The van der Waals surface area contributed by atoms with E-state index in [0.717, 1.165) is 31.1 Å². The Kier molecular flexibility index (Phi) is 3.51. The SMILES string of the molecule is CC(C)C1CN(c2ccc3c(c2)OCO3)CCCN1. The van der Waals surface area contributed by atoms with Gasteiger partial charge in [0.25, 0.3) is 0 Å². The van der Waals surface area contributed by atoms with Crippen molar-refractivity contribution in [2.24, 2.45) is 5.92 Å². The third kappa shape index (κ3) is 2.63. The van der Waals surface area contributed by atoms with E-state index >= 15 is 0 Å². The quantitative estimate of drug-likeness (QED) is 0.886. The number of anilines is 1. The van der Waals surface area contributed by atoms with Crippen LogP contribution in [0.3, 0.4) is 0 Å². The maximum Gasteiger partial charge on any atom is 0.231 e. The van der Waals surface area contributed by atoms with Crippen LogP contribution < -0.4 is 19.7 Å². The highest BCUT2D eigenvalue weighted by molar-refractivity contribution is 5.57. The van der Waals surface area contributed by atoms with Crippen LogP contribution in [0.2, 0.25) is 0 Å². The van der Waals surface area contributed by atoms with Gasteiger partial charge in [0.2, 0.25) is 6.79 Å². The highest BCUT2D eigenvalue weighted by Crippen LogP contribution is 2.35. The van der Waals surface area contributed by atoms with Crippen LogP contribution in [-0.2, 0) is 0 Å². The first-order valence-corrected chi connectivity index (χ1v) is 7.12. The Balaban J connectivity index is 1.80. The number of ether oxygens (including phenoxy) is 2. The summed E-state index contributed by atoms with van der Waals surface area (Å²) < 4.78 is 10.8. The maximum absolute atomic E-state index is 5.47. The first-order valence-electron chi connectivity index (χ1n) is 7.12. The molecular weight excluding hydrogens is 240 g/mol. The summed E-state index contributed by atoms with van der Waals surface area (Å²) in [5, 5.41) is 3.64.